The summed E-state index contributed by atoms with van der Waals surface area (Å²) in [5, 5.41) is 45.6. The summed E-state index contributed by atoms with van der Waals surface area (Å²) in [6.45, 7) is 0. The van der Waals surface area contributed by atoms with E-state index in [4.69, 9.17) is 15.3 Å². The highest BCUT2D eigenvalue weighted by Gasteiger charge is 2.31. The van der Waals surface area contributed by atoms with Crippen molar-refractivity contribution in [2.24, 2.45) is 0 Å². The van der Waals surface area contributed by atoms with Crippen LogP contribution in [0.25, 0.3) is 0 Å². The van der Waals surface area contributed by atoms with Gasteiger partial charge in [0.15, 0.2) is 0 Å². The van der Waals surface area contributed by atoms with Gasteiger partial charge < -0.3 is 20.4 Å². The minimum atomic E-state index is -4.59. The Kier molecular flexibility index (Phi) is 7.15. The number of hydrogen-bond acceptors (Lipinski definition) is 6. The van der Waals surface area contributed by atoms with Crippen molar-refractivity contribution >= 4 is 40.2 Å². The van der Waals surface area contributed by atoms with Crippen LogP contribution in [0.3, 0.4) is 0 Å². The molecule has 0 saturated heterocycles. The lowest BCUT2D eigenvalue weighted by Gasteiger charge is -2.07. The second kappa shape index (κ2) is 8.73. The zero-order chi connectivity index (χ0) is 21.8. The summed E-state index contributed by atoms with van der Waals surface area (Å²) in [6.07, 6.45) is -4.59. The van der Waals surface area contributed by atoms with E-state index in [1.807, 2.05) is 0 Å². The van der Waals surface area contributed by atoms with Gasteiger partial charge in [-0.25, -0.2) is 9.59 Å². The number of carbonyl (C=O) groups is 2. The maximum atomic E-state index is 12.0. The maximum absolute atomic E-state index is 12.0. The Hall–Kier alpha value is -3.10. The minimum absolute atomic E-state index is 0.378. The smallest absolute Gasteiger partial charge is 0.416 e. The molecule has 0 atom stereocenters. The molecule has 28 heavy (non-hydrogen) atoms. The standard InChI is InChI=1S/C8H5F3O3.C7H4INO5/c9-8(10,11)4-1-2-5(7(13)14)6(12)3-4;8-3-1-4(7(11)12)6(10)5(2-3)9(13)14/h1-3,12H,(H,13,14);1-2,10H,(H,11,12). The summed E-state index contributed by atoms with van der Waals surface area (Å²) in [7, 11) is 0. The molecule has 0 heterocycles. The lowest BCUT2D eigenvalue weighted by Crippen LogP contribution is -2.06. The summed E-state index contributed by atoms with van der Waals surface area (Å²) in [5.74, 6) is -4.59. The topological polar surface area (TPSA) is 158 Å². The molecule has 0 aliphatic rings. The molecular formula is C15H9F3INO8. The van der Waals surface area contributed by atoms with Crippen LogP contribution in [0.15, 0.2) is 30.3 Å². The highest BCUT2D eigenvalue weighted by molar-refractivity contribution is 14.1. The number of carboxylic acid groups (broad SMARTS) is 2. The van der Waals surface area contributed by atoms with Crippen LogP contribution in [-0.4, -0.2) is 37.3 Å². The number of nitro benzene ring substituents is 1. The van der Waals surface area contributed by atoms with Crippen molar-refractivity contribution in [3.63, 3.8) is 0 Å². The van der Waals surface area contributed by atoms with Gasteiger partial charge in [0, 0.05) is 9.64 Å². The number of nitrogens with zero attached hydrogens (tertiary/aromatic N) is 1. The van der Waals surface area contributed by atoms with E-state index in [0.717, 1.165) is 12.1 Å². The van der Waals surface area contributed by atoms with E-state index in [1.54, 1.807) is 22.6 Å². The highest BCUT2D eigenvalue weighted by Crippen LogP contribution is 2.33. The third kappa shape index (κ3) is 5.70. The summed E-state index contributed by atoms with van der Waals surface area (Å²) in [4.78, 5) is 30.5. The molecule has 4 N–H and O–H groups in total. The van der Waals surface area contributed by atoms with Gasteiger partial charge >= 0.3 is 23.8 Å². The van der Waals surface area contributed by atoms with E-state index >= 15 is 0 Å². The second-order valence-electron chi connectivity index (χ2n) is 4.92. The van der Waals surface area contributed by atoms with Gasteiger partial charge in [0.2, 0.25) is 5.75 Å². The molecule has 0 bridgehead atoms. The van der Waals surface area contributed by atoms with Gasteiger partial charge in [-0.15, -0.1) is 0 Å². The summed E-state index contributed by atoms with van der Waals surface area (Å²) < 4.78 is 36.5. The van der Waals surface area contributed by atoms with Crippen molar-refractivity contribution < 1.29 is 48.1 Å². The molecule has 0 radical (unpaired) electrons. The Morgan fingerprint density at radius 1 is 1.00 bits per heavy atom. The van der Waals surface area contributed by atoms with Gasteiger partial charge in [-0.2, -0.15) is 13.2 Å². The van der Waals surface area contributed by atoms with Crippen LogP contribution in [0.4, 0.5) is 18.9 Å². The largest absolute Gasteiger partial charge is 0.507 e. The Labute approximate surface area is 167 Å². The molecule has 2 aromatic carbocycles. The van der Waals surface area contributed by atoms with Crippen LogP contribution in [0, 0.1) is 13.7 Å². The maximum Gasteiger partial charge on any atom is 0.416 e. The zero-order valence-electron chi connectivity index (χ0n) is 13.3. The summed E-state index contributed by atoms with van der Waals surface area (Å²) >= 11 is 1.74. The molecule has 2 rings (SSSR count). The fraction of sp³-hybridized carbons (Fsp3) is 0.0667. The van der Waals surface area contributed by atoms with Crippen LogP contribution in [-0.2, 0) is 6.18 Å². The monoisotopic (exact) mass is 515 g/mol. The van der Waals surface area contributed by atoms with Crippen LogP contribution < -0.4 is 0 Å². The van der Waals surface area contributed by atoms with Crippen molar-refractivity contribution in [1.29, 1.82) is 0 Å². The Morgan fingerprint density at radius 3 is 1.93 bits per heavy atom. The number of aromatic carboxylic acids is 2. The Bertz CT molecular complexity index is 910. The zero-order valence-corrected chi connectivity index (χ0v) is 15.4. The molecule has 13 heteroatoms. The van der Waals surface area contributed by atoms with Gasteiger partial charge in [-0.05, 0) is 46.9 Å². The van der Waals surface area contributed by atoms with Crippen LogP contribution in [0.2, 0.25) is 0 Å². The first kappa shape index (κ1) is 22.9. The number of rotatable bonds is 3. The molecule has 0 aliphatic heterocycles. The SMILES string of the molecule is O=C(O)c1cc(I)cc([N+](=O)[O-])c1O.O=C(O)c1ccc(C(F)(F)F)cc1O. The number of hydrogen-bond donors (Lipinski definition) is 4. The third-order valence-corrected chi connectivity index (χ3v) is 3.66. The quantitative estimate of drug-likeness (QED) is 0.274. The van der Waals surface area contributed by atoms with E-state index in [1.165, 1.54) is 0 Å². The number of benzene rings is 2. The number of aromatic hydroxyl groups is 2. The summed E-state index contributed by atoms with van der Waals surface area (Å²) in [6, 6.07) is 3.95. The number of alkyl halides is 3. The van der Waals surface area contributed by atoms with Gasteiger partial charge in [-0.3, -0.25) is 10.1 Å². The van der Waals surface area contributed by atoms with Crippen LogP contribution in [0.1, 0.15) is 26.3 Å². The normalized spacial score (nSPS) is 10.6. The minimum Gasteiger partial charge on any atom is -0.507 e. The fourth-order valence-electron chi connectivity index (χ4n) is 1.78. The number of nitro groups is 1. The summed E-state index contributed by atoms with van der Waals surface area (Å²) in [5.41, 5.74) is -2.71. The van der Waals surface area contributed by atoms with Crippen molar-refractivity contribution in [1.82, 2.24) is 0 Å². The third-order valence-electron chi connectivity index (χ3n) is 3.04. The fourth-order valence-corrected chi connectivity index (χ4v) is 2.38. The molecule has 0 saturated carbocycles. The van der Waals surface area contributed by atoms with E-state index in [0.29, 0.717) is 21.8 Å². The van der Waals surface area contributed by atoms with E-state index in [2.05, 4.69) is 0 Å². The van der Waals surface area contributed by atoms with E-state index in [-0.39, 0.29) is 0 Å². The van der Waals surface area contributed by atoms with Gasteiger partial charge in [0.1, 0.15) is 16.9 Å². The molecule has 2 aromatic rings. The van der Waals surface area contributed by atoms with Crippen LogP contribution in [0.5, 0.6) is 11.5 Å². The molecule has 150 valence electrons. The van der Waals surface area contributed by atoms with Crippen molar-refractivity contribution in [2.75, 3.05) is 0 Å². The van der Waals surface area contributed by atoms with Gasteiger partial charge in [0.25, 0.3) is 0 Å². The predicted octanol–water partition coefficient (Wildman–Crippen LogP) is 3.71. The first-order valence-electron chi connectivity index (χ1n) is 6.79. The number of carboxylic acids is 2. The second-order valence-corrected chi connectivity index (χ2v) is 6.16. The molecule has 0 aliphatic carbocycles. The van der Waals surface area contributed by atoms with Crippen molar-refractivity contribution in [3.8, 4) is 11.5 Å². The average Bonchev–Trinajstić information content (AvgIpc) is 2.55. The van der Waals surface area contributed by atoms with Crippen molar-refractivity contribution in [2.45, 2.75) is 6.18 Å². The van der Waals surface area contributed by atoms with E-state index < -0.39 is 56.9 Å². The molecule has 9 nitrogen and oxygen atoms in total. The molecule has 0 spiro atoms. The van der Waals surface area contributed by atoms with Crippen molar-refractivity contribution in [3.05, 3.63) is 60.7 Å². The molecule has 0 fully saturated rings. The Balaban J connectivity index is 0.000000280. The predicted molar refractivity (Wildman–Crippen MR) is 94.5 cm³/mol. The number of halogens is 4. The first-order chi connectivity index (χ1) is 12.8. The highest BCUT2D eigenvalue weighted by atomic mass is 127. The molecule has 0 amide bonds. The van der Waals surface area contributed by atoms with E-state index in [9.17, 15) is 38.0 Å². The average molecular weight is 515 g/mol. The molecule has 0 aromatic heterocycles. The lowest BCUT2D eigenvalue weighted by molar-refractivity contribution is -0.386. The lowest BCUT2D eigenvalue weighted by atomic mass is 10.1. The van der Waals surface area contributed by atoms with Gasteiger partial charge in [0.05, 0.1) is 10.5 Å². The van der Waals surface area contributed by atoms with Gasteiger partial charge in [-0.1, -0.05) is 0 Å². The Morgan fingerprint density at radius 2 is 1.54 bits per heavy atom. The molecule has 0 unspecified atom stereocenters. The number of phenols is 2. The molecular weight excluding hydrogens is 506 g/mol. The van der Waals surface area contributed by atoms with Crippen LogP contribution >= 0.6 is 22.6 Å². The first-order valence-corrected chi connectivity index (χ1v) is 7.87.